The van der Waals surface area contributed by atoms with E-state index >= 15 is 0 Å². The summed E-state index contributed by atoms with van der Waals surface area (Å²) in [5.74, 6) is -1.98. The van der Waals surface area contributed by atoms with Gasteiger partial charge in [0.1, 0.15) is 24.4 Å². The van der Waals surface area contributed by atoms with Crippen LogP contribution < -0.4 is 20.7 Å². The first-order valence-electron chi connectivity index (χ1n) is 16.0. The monoisotopic (exact) mass is 639 g/mol. The third-order valence-corrected chi connectivity index (χ3v) is 8.43. The third kappa shape index (κ3) is 8.96. The molecule has 3 aromatic rings. The molecule has 2 aliphatic heterocycles. The van der Waals surface area contributed by atoms with Gasteiger partial charge in [-0.1, -0.05) is 72.8 Å². The number of fused-ring (bicyclic) bond motifs is 2. The number of para-hydroxylation sites is 1. The van der Waals surface area contributed by atoms with E-state index < -0.39 is 35.8 Å². The molecule has 3 N–H and O–H groups in total. The summed E-state index contributed by atoms with van der Waals surface area (Å²) >= 11 is 0. The van der Waals surface area contributed by atoms with Gasteiger partial charge in [-0.15, -0.1) is 0 Å². The molecule has 0 aliphatic carbocycles. The lowest BCUT2D eigenvalue weighted by molar-refractivity contribution is -0.145. The summed E-state index contributed by atoms with van der Waals surface area (Å²) in [6.07, 6.45) is 1.73. The lowest BCUT2D eigenvalue weighted by atomic mass is 10.1. The topological polar surface area (TPSA) is 137 Å². The Labute approximate surface area is 274 Å². The largest absolute Gasteiger partial charge is 0.491 e. The summed E-state index contributed by atoms with van der Waals surface area (Å²) in [4.78, 5) is 70.3. The van der Waals surface area contributed by atoms with Gasteiger partial charge >= 0.3 is 0 Å². The number of benzene rings is 3. The van der Waals surface area contributed by atoms with Gasteiger partial charge in [0.05, 0.1) is 24.6 Å². The lowest BCUT2D eigenvalue weighted by Crippen LogP contribution is -2.53. The predicted octanol–water partition coefficient (Wildman–Crippen LogP) is 2.10. The molecule has 2 aliphatic rings. The van der Waals surface area contributed by atoms with Crippen molar-refractivity contribution in [1.82, 2.24) is 25.8 Å². The SMILES string of the molecule is CN1CC(=O)N[C@H](Cc2ccccc2)COc2ccccc2C(=O)N[C@H](C(=O)NCCc2ccccc2)CC(=O)N2CCC[C@H]2C1=O. The minimum Gasteiger partial charge on any atom is -0.491 e. The molecule has 246 valence electrons. The van der Waals surface area contributed by atoms with Gasteiger partial charge in [-0.2, -0.15) is 0 Å². The highest BCUT2D eigenvalue weighted by atomic mass is 16.5. The van der Waals surface area contributed by atoms with E-state index in [4.69, 9.17) is 4.74 Å². The van der Waals surface area contributed by atoms with Gasteiger partial charge < -0.3 is 30.5 Å². The number of likely N-dealkylation sites (N-methyl/N-ethyl adjacent to an activating group) is 1. The third-order valence-electron chi connectivity index (χ3n) is 8.43. The molecule has 1 saturated heterocycles. The Morgan fingerprint density at radius 1 is 0.894 bits per heavy atom. The minimum atomic E-state index is -1.20. The second-order valence-electron chi connectivity index (χ2n) is 12.0. The Balaban J connectivity index is 1.41. The van der Waals surface area contributed by atoms with Crippen LogP contribution in [0.4, 0.5) is 0 Å². The van der Waals surface area contributed by atoms with E-state index in [9.17, 15) is 24.0 Å². The molecule has 0 unspecified atom stereocenters. The fourth-order valence-corrected chi connectivity index (χ4v) is 6.00. The van der Waals surface area contributed by atoms with E-state index in [0.29, 0.717) is 38.8 Å². The maximum absolute atomic E-state index is 13.7. The summed E-state index contributed by atoms with van der Waals surface area (Å²) in [6, 6.07) is 23.5. The van der Waals surface area contributed by atoms with Crippen molar-refractivity contribution in [3.8, 4) is 5.75 Å². The van der Waals surface area contributed by atoms with Crippen LogP contribution >= 0.6 is 0 Å². The Morgan fingerprint density at radius 3 is 2.32 bits per heavy atom. The molecule has 2 heterocycles. The van der Waals surface area contributed by atoms with Crippen LogP contribution in [0.1, 0.15) is 40.7 Å². The minimum absolute atomic E-state index is 0.0425. The van der Waals surface area contributed by atoms with Crippen molar-refractivity contribution >= 4 is 29.5 Å². The van der Waals surface area contributed by atoms with Gasteiger partial charge in [0.25, 0.3) is 5.91 Å². The van der Waals surface area contributed by atoms with E-state index in [2.05, 4.69) is 16.0 Å². The number of nitrogens with one attached hydrogen (secondary N) is 3. The van der Waals surface area contributed by atoms with E-state index in [1.807, 2.05) is 60.7 Å². The fourth-order valence-electron chi connectivity index (χ4n) is 6.00. The highest BCUT2D eigenvalue weighted by Gasteiger charge is 2.38. The van der Waals surface area contributed by atoms with Crippen LogP contribution in [0.15, 0.2) is 84.9 Å². The molecule has 0 radical (unpaired) electrons. The Bertz CT molecular complexity index is 1570. The summed E-state index contributed by atoms with van der Waals surface area (Å²) in [7, 11) is 1.54. The van der Waals surface area contributed by atoms with Gasteiger partial charge in [-0.05, 0) is 48.9 Å². The van der Waals surface area contributed by atoms with Crippen molar-refractivity contribution in [2.75, 3.05) is 33.3 Å². The molecule has 3 aromatic carbocycles. The average molecular weight is 640 g/mol. The van der Waals surface area contributed by atoms with Crippen LogP contribution in [0, 0.1) is 0 Å². The first-order valence-corrected chi connectivity index (χ1v) is 16.0. The van der Waals surface area contributed by atoms with Crippen molar-refractivity contribution in [2.24, 2.45) is 0 Å². The van der Waals surface area contributed by atoms with Crippen LogP contribution in [0.5, 0.6) is 5.75 Å². The molecule has 47 heavy (non-hydrogen) atoms. The quantitative estimate of drug-likeness (QED) is 0.378. The standard InChI is InChI=1S/C36H41N5O6/c1-40-23-32(42)38-27(21-26-13-6-3-7-14-26)24-47-31-17-9-8-15-28(31)34(44)39-29(22-33(43)41-20-10-16-30(41)36(40)46)35(45)37-19-18-25-11-4-2-5-12-25/h2-9,11-15,17,27,29-30H,10,16,18-24H2,1H3,(H,37,45)(H,38,42)(H,39,44)/t27-,29+,30+/m1/s1. The number of amides is 5. The number of ether oxygens (including phenoxy) is 1. The van der Waals surface area contributed by atoms with Crippen molar-refractivity contribution in [2.45, 2.75) is 50.2 Å². The van der Waals surface area contributed by atoms with Crippen molar-refractivity contribution in [3.05, 3.63) is 102 Å². The maximum Gasteiger partial charge on any atom is 0.255 e. The first kappa shape index (κ1) is 33.2. The molecule has 5 amide bonds. The second-order valence-corrected chi connectivity index (χ2v) is 12.0. The second kappa shape index (κ2) is 15.9. The molecule has 0 spiro atoms. The molecular weight excluding hydrogens is 598 g/mol. The normalized spacial score (nSPS) is 21.1. The number of carbonyl (C=O) groups excluding carboxylic acids is 5. The Hall–Kier alpha value is -5.19. The fraction of sp³-hybridized carbons (Fsp3) is 0.361. The molecule has 1 fully saturated rings. The zero-order valence-electron chi connectivity index (χ0n) is 26.5. The number of carbonyl (C=O) groups is 5. The first-order chi connectivity index (χ1) is 22.8. The van der Waals surface area contributed by atoms with E-state index in [-0.39, 0.29) is 42.7 Å². The van der Waals surface area contributed by atoms with Crippen LogP contribution in [0.2, 0.25) is 0 Å². The Morgan fingerprint density at radius 2 is 1.57 bits per heavy atom. The predicted molar refractivity (Wildman–Crippen MR) is 175 cm³/mol. The van der Waals surface area contributed by atoms with Gasteiger partial charge in [-0.3, -0.25) is 24.0 Å². The highest BCUT2D eigenvalue weighted by Crippen LogP contribution is 2.22. The molecule has 0 aromatic heterocycles. The molecule has 0 saturated carbocycles. The molecular formula is C36H41N5O6. The number of rotatable bonds is 6. The van der Waals surface area contributed by atoms with Crippen LogP contribution in [0.3, 0.4) is 0 Å². The Kier molecular flexibility index (Phi) is 11.2. The lowest BCUT2D eigenvalue weighted by Gasteiger charge is -2.29. The summed E-state index contributed by atoms with van der Waals surface area (Å²) in [5, 5.41) is 8.60. The maximum atomic E-state index is 13.7. The van der Waals surface area contributed by atoms with Crippen LogP contribution in [-0.2, 0) is 32.0 Å². The highest BCUT2D eigenvalue weighted by molar-refractivity contribution is 6.01. The van der Waals surface area contributed by atoms with E-state index in [1.165, 1.54) is 9.80 Å². The average Bonchev–Trinajstić information content (AvgIpc) is 3.57. The number of hydrogen-bond donors (Lipinski definition) is 3. The number of nitrogens with zero attached hydrogens (tertiary/aromatic N) is 2. The van der Waals surface area contributed by atoms with Gasteiger partial charge in [0.15, 0.2) is 0 Å². The van der Waals surface area contributed by atoms with Crippen molar-refractivity contribution < 1.29 is 28.7 Å². The molecule has 0 bridgehead atoms. The van der Waals surface area contributed by atoms with Crippen molar-refractivity contribution in [3.63, 3.8) is 0 Å². The number of hydrogen-bond acceptors (Lipinski definition) is 6. The molecule has 3 atom stereocenters. The summed E-state index contributed by atoms with van der Waals surface area (Å²) in [5.41, 5.74) is 2.20. The van der Waals surface area contributed by atoms with Crippen LogP contribution in [0.25, 0.3) is 0 Å². The van der Waals surface area contributed by atoms with Crippen LogP contribution in [-0.4, -0.2) is 90.8 Å². The van der Waals surface area contributed by atoms with E-state index in [0.717, 1.165) is 11.1 Å². The van der Waals surface area contributed by atoms with Gasteiger partial charge in [0.2, 0.25) is 23.6 Å². The van der Waals surface area contributed by atoms with Gasteiger partial charge in [-0.25, -0.2) is 0 Å². The zero-order chi connectivity index (χ0) is 33.2. The smallest absolute Gasteiger partial charge is 0.255 e. The van der Waals surface area contributed by atoms with Crippen molar-refractivity contribution in [1.29, 1.82) is 0 Å². The summed E-state index contributed by atoms with van der Waals surface area (Å²) in [6.45, 7) is 0.483. The van der Waals surface area contributed by atoms with Gasteiger partial charge in [0, 0.05) is 20.1 Å². The molecule has 11 nitrogen and oxygen atoms in total. The molecule has 11 heteroatoms. The summed E-state index contributed by atoms with van der Waals surface area (Å²) < 4.78 is 6.12. The molecule has 5 rings (SSSR count). The van der Waals surface area contributed by atoms with E-state index in [1.54, 1.807) is 31.3 Å². The zero-order valence-corrected chi connectivity index (χ0v) is 26.5.